The number of hydrogen-bond donors (Lipinski definition) is 4. The molecule has 0 bridgehead atoms. The van der Waals surface area contributed by atoms with Gasteiger partial charge in [0.25, 0.3) is 20.2 Å². The summed E-state index contributed by atoms with van der Waals surface area (Å²) in [5.41, 5.74) is 13.8. The third kappa shape index (κ3) is 13.4. The first-order valence-electron chi connectivity index (χ1n) is 11.5. The second-order valence-corrected chi connectivity index (χ2v) is 11.1. The molecular weight excluding hydrogens is 532 g/mol. The predicted molar refractivity (Wildman–Crippen MR) is 144 cm³/mol. The first-order chi connectivity index (χ1) is 17.7. The molecule has 0 fully saturated rings. The van der Waals surface area contributed by atoms with Crippen molar-refractivity contribution in [2.75, 3.05) is 6.54 Å². The van der Waals surface area contributed by atoms with Crippen molar-refractivity contribution < 1.29 is 35.5 Å². The number of carbonyl (C=O) groups excluding carboxylic acids is 1. The van der Waals surface area contributed by atoms with Gasteiger partial charge in [0.1, 0.15) is 12.6 Å². The fraction of sp³-hybridized carbons (Fsp3) is 0.269. The van der Waals surface area contributed by atoms with Crippen LogP contribution in [0.1, 0.15) is 29.5 Å². The minimum atomic E-state index is -4.02. The number of carbonyl (C=O) groups is 1. The lowest BCUT2D eigenvalue weighted by Crippen LogP contribution is -2.32. The molecule has 1 unspecified atom stereocenters. The van der Waals surface area contributed by atoms with Gasteiger partial charge in [-0.2, -0.15) is 16.8 Å². The Kier molecular flexibility index (Phi) is 13.8. The van der Waals surface area contributed by atoms with Gasteiger partial charge in [-0.25, -0.2) is 0 Å². The van der Waals surface area contributed by atoms with Crippen molar-refractivity contribution in [1.82, 2.24) is 0 Å². The molecule has 0 spiro atoms. The summed E-state index contributed by atoms with van der Waals surface area (Å²) in [6, 6.07) is 20.9. The second kappa shape index (κ2) is 16.0. The van der Waals surface area contributed by atoms with E-state index in [1.807, 2.05) is 44.2 Å². The molecule has 38 heavy (non-hydrogen) atoms. The second-order valence-electron chi connectivity index (χ2n) is 8.21. The molecule has 3 rings (SSSR count). The normalized spacial score (nSPS) is 11.7. The average Bonchev–Trinajstić information content (AvgIpc) is 2.86. The van der Waals surface area contributed by atoms with E-state index in [4.69, 9.17) is 25.3 Å². The Morgan fingerprint density at radius 2 is 1.21 bits per heavy atom. The maximum absolute atomic E-state index is 11.4. The summed E-state index contributed by atoms with van der Waals surface area (Å²) >= 11 is 0. The summed E-state index contributed by atoms with van der Waals surface area (Å²) in [6.07, 6.45) is 1.31. The molecule has 0 aliphatic rings. The highest BCUT2D eigenvalue weighted by atomic mass is 32.2. The van der Waals surface area contributed by atoms with Gasteiger partial charge in [-0.3, -0.25) is 13.9 Å². The monoisotopic (exact) mass is 566 g/mol. The van der Waals surface area contributed by atoms with Gasteiger partial charge in [0, 0.05) is 0 Å². The van der Waals surface area contributed by atoms with Crippen molar-refractivity contribution >= 4 is 26.2 Å². The molecule has 0 heterocycles. The van der Waals surface area contributed by atoms with E-state index in [0.717, 1.165) is 23.1 Å². The van der Waals surface area contributed by atoms with Crippen LogP contribution in [-0.4, -0.2) is 44.5 Å². The zero-order chi connectivity index (χ0) is 28.8. The third-order valence-corrected chi connectivity index (χ3v) is 6.62. The van der Waals surface area contributed by atoms with E-state index in [1.54, 1.807) is 24.3 Å². The lowest BCUT2D eigenvalue weighted by Gasteiger charge is -2.10. The lowest BCUT2D eigenvalue weighted by atomic mass is 10.2. The number of rotatable bonds is 8. The Morgan fingerprint density at radius 3 is 1.58 bits per heavy atom. The minimum absolute atomic E-state index is 0.0666. The molecule has 208 valence electrons. The van der Waals surface area contributed by atoms with Gasteiger partial charge >= 0.3 is 5.97 Å². The van der Waals surface area contributed by atoms with Gasteiger partial charge < -0.3 is 16.2 Å². The summed E-state index contributed by atoms with van der Waals surface area (Å²) in [4.78, 5) is 11.3. The molecule has 1 atom stereocenters. The van der Waals surface area contributed by atoms with E-state index >= 15 is 0 Å². The maximum Gasteiger partial charge on any atom is 0.323 e. The van der Waals surface area contributed by atoms with E-state index < -0.39 is 26.3 Å². The highest BCUT2D eigenvalue weighted by Gasteiger charge is 2.14. The predicted octanol–water partition coefficient (Wildman–Crippen LogP) is 3.28. The molecule has 0 radical (unpaired) electrons. The van der Waals surface area contributed by atoms with Gasteiger partial charge in [-0.05, 0) is 63.1 Å². The van der Waals surface area contributed by atoms with Crippen molar-refractivity contribution in [3.8, 4) is 0 Å². The number of benzene rings is 3. The van der Waals surface area contributed by atoms with Gasteiger partial charge in [0.2, 0.25) is 0 Å². The van der Waals surface area contributed by atoms with Crippen molar-refractivity contribution in [2.45, 2.75) is 49.1 Å². The number of aryl methyl sites for hydroxylation is 2. The maximum atomic E-state index is 11.4. The van der Waals surface area contributed by atoms with Gasteiger partial charge in [0.05, 0.1) is 9.79 Å². The largest absolute Gasteiger partial charge is 0.460 e. The van der Waals surface area contributed by atoms with Gasteiger partial charge in [-0.1, -0.05) is 65.7 Å². The zero-order valence-electron chi connectivity index (χ0n) is 21.2. The van der Waals surface area contributed by atoms with E-state index in [9.17, 15) is 21.6 Å². The summed E-state index contributed by atoms with van der Waals surface area (Å²) in [6.45, 7) is 4.50. The first kappa shape index (κ1) is 32.9. The van der Waals surface area contributed by atoms with Crippen LogP contribution in [0, 0.1) is 13.8 Å². The Morgan fingerprint density at radius 1 is 0.789 bits per heavy atom. The number of nitrogens with two attached hydrogens (primary N) is 2. The minimum Gasteiger partial charge on any atom is -0.460 e. The fourth-order valence-corrected chi connectivity index (χ4v) is 3.67. The van der Waals surface area contributed by atoms with E-state index in [-0.39, 0.29) is 22.4 Å². The van der Waals surface area contributed by atoms with Gasteiger partial charge in [0.15, 0.2) is 0 Å². The van der Waals surface area contributed by atoms with E-state index in [2.05, 4.69) is 0 Å². The number of ether oxygens (including phenoxy) is 1. The smallest absolute Gasteiger partial charge is 0.323 e. The molecular formula is C26H34N2O8S2. The third-order valence-electron chi connectivity index (χ3n) is 4.88. The molecule has 0 amide bonds. The highest BCUT2D eigenvalue weighted by Crippen LogP contribution is 2.09. The first-order valence-corrected chi connectivity index (χ1v) is 14.4. The summed E-state index contributed by atoms with van der Waals surface area (Å²) in [5.74, 6) is -0.364. The topological polar surface area (TPSA) is 187 Å². The van der Waals surface area contributed by atoms with Gasteiger partial charge in [-0.15, -0.1) is 0 Å². The van der Waals surface area contributed by atoms with Crippen LogP contribution in [0.2, 0.25) is 0 Å². The fourth-order valence-electron chi connectivity index (χ4n) is 2.71. The van der Waals surface area contributed by atoms with Crippen molar-refractivity contribution in [2.24, 2.45) is 11.5 Å². The molecule has 0 saturated heterocycles. The van der Waals surface area contributed by atoms with Crippen LogP contribution in [0.15, 0.2) is 88.7 Å². The molecule has 0 aromatic heterocycles. The van der Waals surface area contributed by atoms with Crippen molar-refractivity contribution in [3.05, 3.63) is 95.6 Å². The lowest BCUT2D eigenvalue weighted by molar-refractivity contribution is -0.146. The summed E-state index contributed by atoms with van der Waals surface area (Å²) < 4.78 is 64.2. The van der Waals surface area contributed by atoms with Crippen molar-refractivity contribution in [1.29, 1.82) is 0 Å². The molecule has 3 aromatic rings. The SMILES string of the molecule is Cc1ccc(S(=O)(=O)O)cc1.Cc1ccc(S(=O)(=O)O)cc1.NCCCC(N)C(=O)OCc1ccccc1. The molecule has 3 aromatic carbocycles. The molecule has 0 aliphatic carbocycles. The van der Waals surface area contributed by atoms with Crippen LogP contribution in [-0.2, 0) is 36.4 Å². The Labute approximate surface area is 224 Å². The standard InChI is InChI=1S/C12H18N2O2.2C7H8O3S/c13-8-4-7-11(14)12(15)16-9-10-5-2-1-3-6-10;2*1-6-2-4-7(5-3-6)11(8,9)10/h1-3,5-6,11H,4,7-9,13-14H2;2*2-5H,1H3,(H,8,9,10). The number of esters is 1. The molecule has 10 nitrogen and oxygen atoms in total. The molecule has 0 aliphatic heterocycles. The Balaban J connectivity index is 0.000000293. The number of hydrogen-bond acceptors (Lipinski definition) is 8. The van der Waals surface area contributed by atoms with Crippen LogP contribution in [0.25, 0.3) is 0 Å². The van der Waals surface area contributed by atoms with Crippen LogP contribution in [0.4, 0.5) is 0 Å². The average molecular weight is 567 g/mol. The Bertz CT molecular complexity index is 1250. The zero-order valence-corrected chi connectivity index (χ0v) is 22.9. The Hall–Kier alpha value is -3.13. The van der Waals surface area contributed by atoms with Crippen LogP contribution < -0.4 is 11.5 Å². The molecule has 0 saturated carbocycles. The highest BCUT2D eigenvalue weighted by molar-refractivity contribution is 7.86. The van der Waals surface area contributed by atoms with E-state index in [0.29, 0.717) is 13.0 Å². The summed E-state index contributed by atoms with van der Waals surface area (Å²) in [7, 11) is -8.04. The quantitative estimate of drug-likeness (QED) is 0.233. The van der Waals surface area contributed by atoms with Crippen LogP contribution >= 0.6 is 0 Å². The van der Waals surface area contributed by atoms with E-state index in [1.165, 1.54) is 24.3 Å². The summed E-state index contributed by atoms with van der Waals surface area (Å²) in [5, 5.41) is 0. The van der Waals surface area contributed by atoms with Crippen molar-refractivity contribution in [3.63, 3.8) is 0 Å². The van der Waals surface area contributed by atoms with Crippen LogP contribution in [0.3, 0.4) is 0 Å². The van der Waals surface area contributed by atoms with Crippen LogP contribution in [0.5, 0.6) is 0 Å². The molecule has 6 N–H and O–H groups in total. The molecule has 12 heteroatoms.